The van der Waals surface area contributed by atoms with Gasteiger partial charge >= 0.3 is 0 Å². The summed E-state index contributed by atoms with van der Waals surface area (Å²) in [5.74, 6) is 0.708. The van der Waals surface area contributed by atoms with Crippen LogP contribution in [0.5, 0.6) is 5.75 Å². The minimum absolute atomic E-state index is 0.0201. The minimum Gasteiger partial charge on any atom is -0.492 e. The number of thiazole rings is 1. The number of hydrogen-bond acceptors (Lipinski definition) is 4. The Morgan fingerprint density at radius 1 is 1.40 bits per heavy atom. The highest BCUT2D eigenvalue weighted by atomic mass is 32.1. The first-order valence-corrected chi connectivity index (χ1v) is 7.40. The summed E-state index contributed by atoms with van der Waals surface area (Å²) in [5.41, 5.74) is 2.06. The molecule has 0 spiro atoms. The van der Waals surface area contributed by atoms with Gasteiger partial charge in [0.05, 0.1) is 11.6 Å². The second kappa shape index (κ2) is 5.25. The number of fused-ring (bicyclic) bond motifs is 1. The zero-order chi connectivity index (χ0) is 14.1. The van der Waals surface area contributed by atoms with E-state index in [1.165, 1.54) is 11.3 Å². The van der Waals surface area contributed by atoms with Crippen LogP contribution < -0.4 is 10.1 Å². The van der Waals surface area contributed by atoms with Crippen molar-refractivity contribution in [3.05, 3.63) is 40.4 Å². The highest BCUT2D eigenvalue weighted by Gasteiger charge is 2.26. The summed E-state index contributed by atoms with van der Waals surface area (Å²) >= 11 is 1.51. The van der Waals surface area contributed by atoms with Crippen LogP contribution in [0.15, 0.2) is 24.3 Å². The van der Waals surface area contributed by atoms with Crippen LogP contribution in [0, 0.1) is 19.8 Å². The molecule has 0 radical (unpaired) electrons. The van der Waals surface area contributed by atoms with Crippen molar-refractivity contribution >= 4 is 22.4 Å². The molecular weight excluding hydrogens is 272 g/mol. The lowest BCUT2D eigenvalue weighted by atomic mass is 9.96. The number of nitrogens with one attached hydrogen (secondary N) is 1. The molecule has 2 aromatic rings. The van der Waals surface area contributed by atoms with Crippen LogP contribution in [0.3, 0.4) is 0 Å². The van der Waals surface area contributed by atoms with Crippen molar-refractivity contribution in [1.29, 1.82) is 0 Å². The van der Waals surface area contributed by atoms with Gasteiger partial charge in [-0.3, -0.25) is 4.79 Å². The Labute approximate surface area is 121 Å². The van der Waals surface area contributed by atoms with Gasteiger partial charge in [0.1, 0.15) is 12.4 Å². The fraction of sp³-hybridized carbons (Fsp3) is 0.333. The first kappa shape index (κ1) is 13.1. The Bertz CT molecular complexity index is 632. The van der Waals surface area contributed by atoms with Crippen molar-refractivity contribution in [2.75, 3.05) is 11.9 Å². The van der Waals surface area contributed by atoms with Crippen molar-refractivity contribution < 1.29 is 9.53 Å². The molecule has 0 aliphatic carbocycles. The molecule has 0 saturated carbocycles. The normalized spacial score (nSPS) is 17.2. The molecule has 0 bridgehead atoms. The molecule has 1 aromatic carbocycles. The first-order valence-electron chi connectivity index (χ1n) is 6.59. The van der Waals surface area contributed by atoms with E-state index in [2.05, 4.69) is 10.3 Å². The lowest BCUT2D eigenvalue weighted by Crippen LogP contribution is -2.32. The molecule has 1 aromatic heterocycles. The third kappa shape index (κ3) is 2.54. The number of anilines is 1. The van der Waals surface area contributed by atoms with Crippen molar-refractivity contribution in [2.24, 2.45) is 5.92 Å². The van der Waals surface area contributed by atoms with E-state index < -0.39 is 0 Å². The van der Waals surface area contributed by atoms with Gasteiger partial charge in [-0.2, -0.15) is 0 Å². The monoisotopic (exact) mass is 288 g/mol. The van der Waals surface area contributed by atoms with E-state index in [1.54, 1.807) is 0 Å². The van der Waals surface area contributed by atoms with Gasteiger partial charge in [0.15, 0.2) is 5.13 Å². The molecule has 1 N–H and O–H groups in total. The van der Waals surface area contributed by atoms with Crippen molar-refractivity contribution in [2.45, 2.75) is 20.3 Å². The maximum absolute atomic E-state index is 12.3. The number of carbonyl (C=O) groups is 1. The van der Waals surface area contributed by atoms with E-state index in [9.17, 15) is 4.79 Å². The van der Waals surface area contributed by atoms with Crippen molar-refractivity contribution in [1.82, 2.24) is 4.98 Å². The van der Waals surface area contributed by atoms with Gasteiger partial charge in [0.25, 0.3) is 0 Å². The average Bonchev–Trinajstić information content (AvgIpc) is 2.76. The zero-order valence-electron chi connectivity index (χ0n) is 11.5. The molecule has 20 heavy (non-hydrogen) atoms. The summed E-state index contributed by atoms with van der Waals surface area (Å²) in [5, 5.41) is 3.56. The number of nitrogens with zero attached hydrogens (tertiary/aromatic N) is 1. The van der Waals surface area contributed by atoms with Gasteiger partial charge in [-0.25, -0.2) is 4.98 Å². The van der Waals surface area contributed by atoms with E-state index in [-0.39, 0.29) is 11.8 Å². The summed E-state index contributed by atoms with van der Waals surface area (Å²) in [6, 6.07) is 7.86. The first-order chi connectivity index (χ1) is 9.63. The van der Waals surface area contributed by atoms with Gasteiger partial charge in [0.2, 0.25) is 5.91 Å². The molecule has 4 nitrogen and oxygen atoms in total. The van der Waals surface area contributed by atoms with Crippen LogP contribution in [0.25, 0.3) is 0 Å². The lowest BCUT2D eigenvalue weighted by molar-refractivity contribution is -0.121. The number of aryl methyl sites for hydroxylation is 2. The Morgan fingerprint density at radius 2 is 2.20 bits per heavy atom. The van der Waals surface area contributed by atoms with E-state index in [0.29, 0.717) is 18.2 Å². The highest BCUT2D eigenvalue weighted by Crippen LogP contribution is 2.28. The summed E-state index contributed by atoms with van der Waals surface area (Å²) < 4.78 is 5.65. The molecule has 0 fully saturated rings. The third-order valence-corrected chi connectivity index (χ3v) is 4.50. The summed E-state index contributed by atoms with van der Waals surface area (Å²) in [6.45, 7) is 4.37. The van der Waals surface area contributed by atoms with Crippen LogP contribution in [-0.2, 0) is 11.2 Å². The van der Waals surface area contributed by atoms with Crippen LogP contribution in [0.1, 0.15) is 16.1 Å². The zero-order valence-corrected chi connectivity index (χ0v) is 12.3. The number of carbonyl (C=O) groups excluding carboxylic acids is 1. The fourth-order valence-electron chi connectivity index (χ4n) is 2.23. The molecule has 0 saturated heterocycles. The van der Waals surface area contributed by atoms with Crippen molar-refractivity contribution in [3.63, 3.8) is 0 Å². The number of para-hydroxylation sites is 1. The lowest BCUT2D eigenvalue weighted by Gasteiger charge is -2.24. The summed E-state index contributed by atoms with van der Waals surface area (Å²) in [7, 11) is 0. The van der Waals surface area contributed by atoms with E-state index in [4.69, 9.17) is 4.74 Å². The number of hydrogen-bond donors (Lipinski definition) is 1. The van der Waals surface area contributed by atoms with Gasteiger partial charge < -0.3 is 10.1 Å². The van der Waals surface area contributed by atoms with E-state index in [1.807, 2.05) is 38.1 Å². The largest absolute Gasteiger partial charge is 0.492 e. The molecule has 1 aliphatic rings. The Morgan fingerprint density at radius 3 is 2.95 bits per heavy atom. The average molecular weight is 288 g/mol. The molecule has 1 atom stereocenters. The summed E-state index contributed by atoms with van der Waals surface area (Å²) in [6.07, 6.45) is 0.714. The maximum Gasteiger partial charge on any atom is 0.233 e. The van der Waals surface area contributed by atoms with Crippen LogP contribution in [0.2, 0.25) is 0 Å². The molecular formula is C15H16N2O2S. The second-order valence-corrected chi connectivity index (χ2v) is 6.17. The molecule has 2 heterocycles. The number of benzene rings is 1. The SMILES string of the molecule is Cc1nc(NC(=O)C2COc3ccccc3C2)sc1C. The van der Waals surface area contributed by atoms with Crippen LogP contribution >= 0.6 is 11.3 Å². The standard InChI is InChI=1S/C15H16N2O2S/c1-9-10(2)20-15(16-9)17-14(18)12-7-11-5-3-4-6-13(11)19-8-12/h3-6,12H,7-8H2,1-2H3,(H,16,17,18). The molecule has 5 heteroatoms. The number of amides is 1. The highest BCUT2D eigenvalue weighted by molar-refractivity contribution is 7.15. The predicted molar refractivity (Wildman–Crippen MR) is 79.3 cm³/mol. The van der Waals surface area contributed by atoms with Crippen LogP contribution in [0.4, 0.5) is 5.13 Å². The molecule has 104 valence electrons. The Balaban J connectivity index is 1.70. The summed E-state index contributed by atoms with van der Waals surface area (Å²) in [4.78, 5) is 17.7. The van der Waals surface area contributed by atoms with E-state index in [0.717, 1.165) is 21.9 Å². The van der Waals surface area contributed by atoms with Gasteiger partial charge in [-0.1, -0.05) is 18.2 Å². The van der Waals surface area contributed by atoms with Gasteiger partial charge in [-0.15, -0.1) is 11.3 Å². The van der Waals surface area contributed by atoms with Gasteiger partial charge in [-0.05, 0) is 31.9 Å². The van der Waals surface area contributed by atoms with Gasteiger partial charge in [0, 0.05) is 4.88 Å². The molecule has 1 unspecified atom stereocenters. The third-order valence-electron chi connectivity index (χ3n) is 3.51. The predicted octanol–water partition coefficient (Wildman–Crippen LogP) is 2.95. The van der Waals surface area contributed by atoms with Crippen molar-refractivity contribution in [3.8, 4) is 5.75 Å². The molecule has 3 rings (SSSR count). The Kier molecular flexibility index (Phi) is 3.44. The topological polar surface area (TPSA) is 51.2 Å². The Hall–Kier alpha value is -1.88. The number of rotatable bonds is 2. The fourth-order valence-corrected chi connectivity index (χ4v) is 3.05. The minimum atomic E-state index is -0.158. The van der Waals surface area contributed by atoms with E-state index >= 15 is 0 Å². The van der Waals surface area contributed by atoms with Crippen LogP contribution in [-0.4, -0.2) is 17.5 Å². The number of aromatic nitrogens is 1. The quantitative estimate of drug-likeness (QED) is 0.924. The maximum atomic E-state index is 12.3. The smallest absolute Gasteiger partial charge is 0.233 e. The molecule has 1 aliphatic heterocycles. The number of ether oxygens (including phenoxy) is 1. The molecule has 1 amide bonds. The second-order valence-electron chi connectivity index (χ2n) is 4.97.